The largest absolute Gasteiger partial charge is 0.370 e. The summed E-state index contributed by atoms with van der Waals surface area (Å²) in [6, 6.07) is 12.5. The highest BCUT2D eigenvalue weighted by Crippen LogP contribution is 2.28. The van der Waals surface area contributed by atoms with Crippen molar-refractivity contribution in [1.29, 1.82) is 0 Å². The van der Waals surface area contributed by atoms with E-state index in [4.69, 9.17) is 0 Å². The minimum absolute atomic E-state index is 0.313. The lowest BCUT2D eigenvalue weighted by Crippen LogP contribution is -2.04. The van der Waals surface area contributed by atoms with Crippen LogP contribution in [-0.2, 0) is 0 Å². The second-order valence-electron chi connectivity index (χ2n) is 4.88. The Kier molecular flexibility index (Phi) is 3.52. The fraction of sp³-hybridized carbons (Fsp3) is 0.176. The molecular formula is C17H16FN3. The van der Waals surface area contributed by atoms with Crippen LogP contribution in [0.2, 0.25) is 0 Å². The Morgan fingerprint density at radius 3 is 2.62 bits per heavy atom. The lowest BCUT2D eigenvalue weighted by Gasteiger charge is -2.11. The average Bonchev–Trinajstić information content (AvgIpc) is 2.48. The lowest BCUT2D eigenvalue weighted by molar-refractivity contribution is 0.630. The Balaban J connectivity index is 2.29. The summed E-state index contributed by atoms with van der Waals surface area (Å²) in [5.41, 5.74) is 2.34. The van der Waals surface area contributed by atoms with Crippen molar-refractivity contribution < 1.29 is 4.39 Å². The molecule has 0 bridgehead atoms. The van der Waals surface area contributed by atoms with E-state index in [1.54, 1.807) is 18.2 Å². The first-order valence-corrected chi connectivity index (χ1v) is 6.97. The highest BCUT2D eigenvalue weighted by molar-refractivity contribution is 5.93. The van der Waals surface area contributed by atoms with Gasteiger partial charge in [0.2, 0.25) is 0 Å². The summed E-state index contributed by atoms with van der Waals surface area (Å²) in [4.78, 5) is 9.04. The van der Waals surface area contributed by atoms with Crippen LogP contribution < -0.4 is 5.32 Å². The fourth-order valence-electron chi connectivity index (χ4n) is 2.41. The first-order valence-electron chi connectivity index (χ1n) is 6.97. The molecule has 106 valence electrons. The van der Waals surface area contributed by atoms with Crippen molar-refractivity contribution >= 4 is 16.7 Å². The van der Waals surface area contributed by atoms with Crippen molar-refractivity contribution in [3.8, 4) is 11.4 Å². The van der Waals surface area contributed by atoms with E-state index >= 15 is 0 Å². The van der Waals surface area contributed by atoms with Crippen LogP contribution in [0.25, 0.3) is 22.3 Å². The number of anilines is 1. The van der Waals surface area contributed by atoms with E-state index in [0.29, 0.717) is 11.4 Å². The van der Waals surface area contributed by atoms with Crippen molar-refractivity contribution in [3.05, 3.63) is 53.8 Å². The monoisotopic (exact) mass is 281 g/mol. The van der Waals surface area contributed by atoms with Crippen molar-refractivity contribution in [2.75, 3.05) is 11.9 Å². The van der Waals surface area contributed by atoms with Gasteiger partial charge in [0.1, 0.15) is 11.6 Å². The predicted octanol–water partition coefficient (Wildman–Crippen LogP) is 4.18. The van der Waals surface area contributed by atoms with Gasteiger partial charge in [-0.25, -0.2) is 14.4 Å². The smallest absolute Gasteiger partial charge is 0.165 e. The molecule has 4 heteroatoms. The Morgan fingerprint density at radius 1 is 1.05 bits per heavy atom. The van der Waals surface area contributed by atoms with Crippen LogP contribution in [0.1, 0.15) is 12.5 Å². The molecule has 3 nitrogen and oxygen atoms in total. The van der Waals surface area contributed by atoms with Crippen molar-refractivity contribution in [2.24, 2.45) is 0 Å². The molecule has 1 heterocycles. The number of benzene rings is 2. The number of nitrogens with zero attached hydrogens (tertiary/aromatic N) is 2. The molecule has 2 aromatic carbocycles. The van der Waals surface area contributed by atoms with Gasteiger partial charge in [0, 0.05) is 11.9 Å². The Labute approximate surface area is 122 Å². The van der Waals surface area contributed by atoms with Gasteiger partial charge in [0.05, 0.1) is 11.1 Å². The summed E-state index contributed by atoms with van der Waals surface area (Å²) in [5.74, 6) is 0.841. The second kappa shape index (κ2) is 5.48. The summed E-state index contributed by atoms with van der Waals surface area (Å²) >= 11 is 0. The molecule has 0 aliphatic heterocycles. The molecule has 0 radical (unpaired) electrons. The molecule has 0 atom stereocenters. The molecular weight excluding hydrogens is 265 g/mol. The summed E-state index contributed by atoms with van der Waals surface area (Å²) in [6.07, 6.45) is 0. The maximum absolute atomic E-state index is 14.0. The van der Waals surface area contributed by atoms with Crippen LogP contribution >= 0.6 is 0 Å². The Hall–Kier alpha value is -2.49. The van der Waals surface area contributed by atoms with E-state index in [0.717, 1.165) is 28.8 Å². The molecule has 1 N–H and O–H groups in total. The first kappa shape index (κ1) is 13.5. The molecule has 0 fully saturated rings. The van der Waals surface area contributed by atoms with Gasteiger partial charge in [-0.15, -0.1) is 0 Å². The molecule has 0 aliphatic rings. The maximum atomic E-state index is 14.0. The number of aromatic nitrogens is 2. The normalized spacial score (nSPS) is 10.8. The zero-order valence-corrected chi connectivity index (χ0v) is 12.0. The van der Waals surface area contributed by atoms with E-state index in [9.17, 15) is 4.39 Å². The number of halogens is 1. The molecule has 0 saturated carbocycles. The zero-order chi connectivity index (χ0) is 14.8. The standard InChI is InChI=1S/C17H16FN3/c1-3-19-17-15-11(2)7-6-10-14(15)20-16(21-17)12-8-4-5-9-13(12)18/h4-10H,3H2,1-2H3,(H,19,20,21). The van der Waals surface area contributed by atoms with Crippen molar-refractivity contribution in [3.63, 3.8) is 0 Å². The first-order chi connectivity index (χ1) is 10.2. The van der Waals surface area contributed by atoms with Crippen molar-refractivity contribution in [1.82, 2.24) is 9.97 Å². The van der Waals surface area contributed by atoms with Crippen molar-refractivity contribution in [2.45, 2.75) is 13.8 Å². The van der Waals surface area contributed by atoms with E-state index < -0.39 is 0 Å². The topological polar surface area (TPSA) is 37.8 Å². The number of rotatable bonds is 3. The summed E-state index contributed by atoms with van der Waals surface area (Å²) in [7, 11) is 0. The summed E-state index contributed by atoms with van der Waals surface area (Å²) in [6.45, 7) is 4.78. The molecule has 1 aromatic heterocycles. The number of hydrogen-bond acceptors (Lipinski definition) is 3. The maximum Gasteiger partial charge on any atom is 0.165 e. The molecule has 0 unspecified atom stereocenters. The van der Waals surface area contributed by atoms with Crippen LogP contribution in [-0.4, -0.2) is 16.5 Å². The van der Waals surface area contributed by atoms with Gasteiger partial charge in [-0.1, -0.05) is 24.3 Å². The minimum Gasteiger partial charge on any atom is -0.370 e. The third-order valence-electron chi connectivity index (χ3n) is 3.39. The molecule has 3 aromatic rings. The minimum atomic E-state index is -0.313. The van der Waals surface area contributed by atoms with Crippen LogP contribution in [0.15, 0.2) is 42.5 Å². The predicted molar refractivity (Wildman–Crippen MR) is 83.8 cm³/mol. The van der Waals surface area contributed by atoms with Gasteiger partial charge in [-0.05, 0) is 37.6 Å². The van der Waals surface area contributed by atoms with E-state index in [1.807, 2.05) is 32.0 Å². The van der Waals surface area contributed by atoms with Crippen LogP contribution in [0, 0.1) is 12.7 Å². The van der Waals surface area contributed by atoms with Crippen LogP contribution in [0.5, 0.6) is 0 Å². The lowest BCUT2D eigenvalue weighted by atomic mass is 10.1. The summed E-state index contributed by atoms with van der Waals surface area (Å²) < 4.78 is 14.0. The average molecular weight is 281 g/mol. The third kappa shape index (κ3) is 2.44. The highest BCUT2D eigenvalue weighted by Gasteiger charge is 2.13. The molecule has 3 rings (SSSR count). The number of fused-ring (bicyclic) bond motifs is 1. The van der Waals surface area contributed by atoms with Crippen LogP contribution in [0.4, 0.5) is 10.2 Å². The molecule has 0 spiro atoms. The quantitative estimate of drug-likeness (QED) is 0.782. The molecule has 0 aliphatic carbocycles. The summed E-state index contributed by atoms with van der Waals surface area (Å²) in [5, 5.41) is 4.23. The molecule has 0 amide bonds. The SMILES string of the molecule is CCNc1nc(-c2ccccc2F)nc2cccc(C)c12. The van der Waals surface area contributed by atoms with Gasteiger partial charge in [-0.3, -0.25) is 0 Å². The highest BCUT2D eigenvalue weighted by atomic mass is 19.1. The Morgan fingerprint density at radius 2 is 1.86 bits per heavy atom. The number of hydrogen-bond donors (Lipinski definition) is 1. The second-order valence-corrected chi connectivity index (χ2v) is 4.88. The van der Waals surface area contributed by atoms with Gasteiger partial charge in [-0.2, -0.15) is 0 Å². The zero-order valence-electron chi connectivity index (χ0n) is 12.0. The number of aryl methyl sites for hydroxylation is 1. The van der Waals surface area contributed by atoms with Gasteiger partial charge >= 0.3 is 0 Å². The Bertz CT molecular complexity index is 799. The van der Waals surface area contributed by atoms with Gasteiger partial charge in [0.15, 0.2) is 5.82 Å². The molecule has 0 saturated heterocycles. The van der Waals surface area contributed by atoms with E-state index in [2.05, 4.69) is 15.3 Å². The molecule has 21 heavy (non-hydrogen) atoms. The van der Waals surface area contributed by atoms with E-state index in [-0.39, 0.29) is 5.82 Å². The van der Waals surface area contributed by atoms with Crippen LogP contribution in [0.3, 0.4) is 0 Å². The number of nitrogens with one attached hydrogen (secondary N) is 1. The fourth-order valence-corrected chi connectivity index (χ4v) is 2.41. The van der Waals surface area contributed by atoms with Gasteiger partial charge in [0.25, 0.3) is 0 Å². The van der Waals surface area contributed by atoms with E-state index in [1.165, 1.54) is 6.07 Å². The third-order valence-corrected chi connectivity index (χ3v) is 3.39. The van der Waals surface area contributed by atoms with Gasteiger partial charge < -0.3 is 5.32 Å².